The molecule has 0 aliphatic carbocycles. The third-order valence-corrected chi connectivity index (χ3v) is 4.88. The minimum Gasteiger partial charge on any atom is -0.353 e. The lowest BCUT2D eigenvalue weighted by atomic mass is 10.1. The van der Waals surface area contributed by atoms with Gasteiger partial charge in [-0.25, -0.2) is 14.6 Å². The first kappa shape index (κ1) is 19.9. The van der Waals surface area contributed by atoms with Gasteiger partial charge in [0.2, 0.25) is 0 Å². The lowest BCUT2D eigenvalue weighted by Crippen LogP contribution is -2.49. The Morgan fingerprint density at radius 2 is 1.73 bits per heavy atom. The van der Waals surface area contributed by atoms with Gasteiger partial charge in [0.05, 0.1) is 5.56 Å². The maximum atomic E-state index is 12.9. The summed E-state index contributed by atoms with van der Waals surface area (Å²) in [6.07, 6.45) is -1.03. The zero-order valence-corrected chi connectivity index (χ0v) is 16.2. The second-order valence-electron chi connectivity index (χ2n) is 6.94. The largest absolute Gasteiger partial charge is 0.416 e. The van der Waals surface area contributed by atoms with Crippen molar-refractivity contribution in [2.24, 2.45) is 0 Å². The third kappa shape index (κ3) is 4.12. The lowest BCUT2D eigenvalue weighted by Gasteiger charge is -2.35. The maximum absolute atomic E-state index is 12.9. The molecule has 1 aromatic carbocycles. The van der Waals surface area contributed by atoms with Crippen LogP contribution in [0.3, 0.4) is 0 Å². The minimum atomic E-state index is -4.48. The van der Waals surface area contributed by atoms with Gasteiger partial charge in [-0.05, 0) is 31.2 Å². The highest BCUT2D eigenvalue weighted by atomic mass is 19.4. The summed E-state index contributed by atoms with van der Waals surface area (Å²) in [4.78, 5) is 25.1. The first-order chi connectivity index (χ1) is 14.3. The van der Waals surface area contributed by atoms with Crippen LogP contribution in [0.2, 0.25) is 0 Å². The molecule has 1 aliphatic rings. The van der Waals surface area contributed by atoms with E-state index in [-0.39, 0.29) is 5.56 Å². The number of alkyl halides is 3. The van der Waals surface area contributed by atoms with E-state index in [0.717, 1.165) is 18.0 Å². The molecular formula is C20H19F3N6O. The monoisotopic (exact) mass is 416 g/mol. The molecule has 7 nitrogen and oxygen atoms in total. The van der Waals surface area contributed by atoms with Crippen LogP contribution in [0.25, 0.3) is 5.82 Å². The number of aromatic nitrogens is 4. The summed E-state index contributed by atoms with van der Waals surface area (Å²) < 4.78 is 40.4. The number of hydrogen-bond donors (Lipinski definition) is 0. The second kappa shape index (κ2) is 7.77. The van der Waals surface area contributed by atoms with Crippen LogP contribution >= 0.6 is 0 Å². The van der Waals surface area contributed by atoms with Gasteiger partial charge in [-0.2, -0.15) is 18.3 Å². The number of carbonyl (C=O) groups excluding carboxylic acids is 1. The van der Waals surface area contributed by atoms with Gasteiger partial charge in [-0.1, -0.05) is 6.07 Å². The number of amides is 1. The Morgan fingerprint density at radius 1 is 1.00 bits per heavy atom. The van der Waals surface area contributed by atoms with E-state index in [0.29, 0.717) is 37.8 Å². The molecule has 0 atom stereocenters. The predicted molar refractivity (Wildman–Crippen MR) is 103 cm³/mol. The molecule has 3 aromatic rings. The van der Waals surface area contributed by atoms with Crippen LogP contribution in [0, 0.1) is 6.92 Å². The second-order valence-corrected chi connectivity index (χ2v) is 6.94. The quantitative estimate of drug-likeness (QED) is 0.657. The summed E-state index contributed by atoms with van der Waals surface area (Å²) >= 11 is 0. The Bertz CT molecular complexity index is 1040. The lowest BCUT2D eigenvalue weighted by molar-refractivity contribution is -0.137. The van der Waals surface area contributed by atoms with Crippen molar-refractivity contribution in [3.8, 4) is 5.82 Å². The van der Waals surface area contributed by atoms with Gasteiger partial charge in [0, 0.05) is 50.2 Å². The van der Waals surface area contributed by atoms with Crippen LogP contribution in [0.5, 0.6) is 0 Å². The van der Waals surface area contributed by atoms with Crippen LogP contribution in [0.15, 0.2) is 48.8 Å². The van der Waals surface area contributed by atoms with Crippen molar-refractivity contribution in [1.29, 1.82) is 0 Å². The number of piperazine rings is 1. The van der Waals surface area contributed by atoms with Gasteiger partial charge in [0.15, 0.2) is 5.82 Å². The SMILES string of the molecule is Cc1nc(N2CCN(C(=O)c3cccc(C(F)(F)F)c3)CC2)cc(-n2cccn2)n1. The van der Waals surface area contributed by atoms with Crippen LogP contribution in [0.1, 0.15) is 21.7 Å². The van der Waals surface area contributed by atoms with Gasteiger partial charge in [-0.3, -0.25) is 4.79 Å². The molecule has 1 aliphatic heterocycles. The molecule has 1 amide bonds. The van der Waals surface area contributed by atoms with Crippen molar-refractivity contribution in [1.82, 2.24) is 24.6 Å². The molecule has 156 valence electrons. The van der Waals surface area contributed by atoms with Crippen LogP contribution in [-0.2, 0) is 6.18 Å². The van der Waals surface area contributed by atoms with Gasteiger partial charge in [0.1, 0.15) is 11.6 Å². The van der Waals surface area contributed by atoms with E-state index in [2.05, 4.69) is 15.1 Å². The number of nitrogens with zero attached hydrogens (tertiary/aromatic N) is 6. The molecule has 0 radical (unpaired) electrons. The number of anilines is 1. The Kier molecular flexibility index (Phi) is 5.15. The first-order valence-electron chi connectivity index (χ1n) is 9.38. The van der Waals surface area contributed by atoms with Crippen LogP contribution in [-0.4, -0.2) is 56.7 Å². The van der Waals surface area contributed by atoms with E-state index in [1.807, 2.05) is 11.0 Å². The molecule has 0 unspecified atom stereocenters. The van der Waals surface area contributed by atoms with Crippen LogP contribution < -0.4 is 4.90 Å². The first-order valence-corrected chi connectivity index (χ1v) is 9.38. The summed E-state index contributed by atoms with van der Waals surface area (Å²) in [5.74, 6) is 1.56. The molecule has 0 bridgehead atoms. The summed E-state index contributed by atoms with van der Waals surface area (Å²) in [5.41, 5.74) is -0.785. The van der Waals surface area contributed by atoms with E-state index in [1.54, 1.807) is 35.0 Å². The number of carbonyl (C=O) groups is 1. The normalized spacial score (nSPS) is 14.8. The highest BCUT2D eigenvalue weighted by Gasteiger charge is 2.31. The average Bonchev–Trinajstić information content (AvgIpc) is 3.27. The molecule has 2 aromatic heterocycles. The molecule has 30 heavy (non-hydrogen) atoms. The standard InChI is InChI=1S/C20H19F3N6O/c1-14-25-17(13-18(26-14)29-7-3-6-24-29)27-8-10-28(11-9-27)19(30)15-4-2-5-16(12-15)20(21,22)23/h2-7,12-13H,8-11H2,1H3. The van der Waals surface area contributed by atoms with Crippen molar-refractivity contribution < 1.29 is 18.0 Å². The van der Waals surface area contributed by atoms with Crippen molar-refractivity contribution in [2.75, 3.05) is 31.1 Å². The van der Waals surface area contributed by atoms with Crippen molar-refractivity contribution in [3.05, 3.63) is 65.7 Å². The molecular weight excluding hydrogens is 397 g/mol. The van der Waals surface area contributed by atoms with E-state index in [9.17, 15) is 18.0 Å². The highest BCUT2D eigenvalue weighted by Crippen LogP contribution is 2.30. The Balaban J connectivity index is 1.46. The summed E-state index contributed by atoms with van der Waals surface area (Å²) in [5, 5.41) is 4.18. The van der Waals surface area contributed by atoms with Crippen molar-refractivity contribution >= 4 is 11.7 Å². The number of hydrogen-bond acceptors (Lipinski definition) is 5. The maximum Gasteiger partial charge on any atom is 0.416 e. The molecule has 0 saturated carbocycles. The summed E-state index contributed by atoms with van der Waals surface area (Å²) in [6.45, 7) is 3.59. The minimum absolute atomic E-state index is 0.0390. The fourth-order valence-electron chi connectivity index (χ4n) is 3.37. The summed E-state index contributed by atoms with van der Waals surface area (Å²) in [7, 11) is 0. The van der Waals surface area contributed by atoms with E-state index in [4.69, 9.17) is 0 Å². The fourth-order valence-corrected chi connectivity index (χ4v) is 3.37. The molecule has 0 spiro atoms. The fraction of sp³-hybridized carbons (Fsp3) is 0.300. The summed E-state index contributed by atoms with van der Waals surface area (Å²) in [6, 6.07) is 8.16. The predicted octanol–water partition coefficient (Wildman–Crippen LogP) is 2.95. The molecule has 4 rings (SSSR count). The van der Waals surface area contributed by atoms with E-state index >= 15 is 0 Å². The molecule has 1 fully saturated rings. The van der Waals surface area contributed by atoms with E-state index < -0.39 is 17.6 Å². The highest BCUT2D eigenvalue weighted by molar-refractivity contribution is 5.94. The van der Waals surface area contributed by atoms with Gasteiger partial charge < -0.3 is 9.80 Å². The van der Waals surface area contributed by atoms with Crippen LogP contribution in [0.4, 0.5) is 19.0 Å². The van der Waals surface area contributed by atoms with E-state index in [1.165, 1.54) is 12.1 Å². The molecule has 1 saturated heterocycles. The Morgan fingerprint density at radius 3 is 2.40 bits per heavy atom. The molecule has 10 heteroatoms. The molecule has 3 heterocycles. The Hall–Kier alpha value is -3.43. The smallest absolute Gasteiger partial charge is 0.353 e. The molecule has 0 N–H and O–H groups in total. The van der Waals surface area contributed by atoms with Crippen molar-refractivity contribution in [2.45, 2.75) is 13.1 Å². The topological polar surface area (TPSA) is 67.2 Å². The number of rotatable bonds is 3. The average molecular weight is 416 g/mol. The van der Waals surface area contributed by atoms with Crippen molar-refractivity contribution in [3.63, 3.8) is 0 Å². The zero-order valence-electron chi connectivity index (χ0n) is 16.2. The zero-order chi connectivity index (χ0) is 21.3. The van der Waals surface area contributed by atoms with Gasteiger partial charge >= 0.3 is 6.18 Å². The number of aryl methyl sites for hydroxylation is 1. The van der Waals surface area contributed by atoms with Gasteiger partial charge in [0.25, 0.3) is 5.91 Å². The Labute approximate surface area is 170 Å². The number of benzene rings is 1. The number of halogens is 3. The van der Waals surface area contributed by atoms with Gasteiger partial charge in [-0.15, -0.1) is 0 Å². The third-order valence-electron chi connectivity index (χ3n) is 4.88.